The van der Waals surface area contributed by atoms with Gasteiger partial charge in [-0.1, -0.05) is 18.2 Å². The zero-order chi connectivity index (χ0) is 11.0. The van der Waals surface area contributed by atoms with E-state index in [1.807, 2.05) is 0 Å². The van der Waals surface area contributed by atoms with Crippen molar-refractivity contribution < 1.29 is 0 Å². The van der Waals surface area contributed by atoms with E-state index in [1.165, 1.54) is 30.5 Å². The minimum atomic E-state index is 0.458. The Labute approximate surface area is 97.4 Å². The number of para-hydroxylation sites is 1. The predicted octanol–water partition coefficient (Wildman–Crippen LogP) is 2.73. The summed E-state index contributed by atoms with van der Waals surface area (Å²) in [5.74, 6) is 0.690. The van der Waals surface area contributed by atoms with Crippen LogP contribution in [0.5, 0.6) is 0 Å². The van der Waals surface area contributed by atoms with Gasteiger partial charge in [0.2, 0.25) is 0 Å². The van der Waals surface area contributed by atoms with Crippen molar-refractivity contribution in [2.24, 2.45) is 0 Å². The van der Waals surface area contributed by atoms with Crippen LogP contribution < -0.4 is 10.6 Å². The summed E-state index contributed by atoms with van der Waals surface area (Å²) in [6, 6.07) is 8.73. The monoisotopic (exact) mass is 216 g/mol. The molecule has 1 unspecified atom stereocenters. The summed E-state index contributed by atoms with van der Waals surface area (Å²) in [5.41, 5.74) is 3.28. The molecule has 0 aromatic heterocycles. The van der Waals surface area contributed by atoms with E-state index in [2.05, 4.69) is 41.8 Å². The SMILES string of the molecule is CC1(NCC2CCNc3ccccc32)CC1. The quantitative estimate of drug-likeness (QED) is 0.812. The van der Waals surface area contributed by atoms with Crippen molar-refractivity contribution >= 4 is 5.69 Å². The fraction of sp³-hybridized carbons (Fsp3) is 0.571. The minimum absolute atomic E-state index is 0.458. The zero-order valence-corrected chi connectivity index (χ0v) is 9.92. The van der Waals surface area contributed by atoms with Crippen LogP contribution in [-0.4, -0.2) is 18.6 Å². The highest BCUT2D eigenvalue weighted by Gasteiger charge is 2.37. The van der Waals surface area contributed by atoms with Crippen molar-refractivity contribution in [3.05, 3.63) is 29.8 Å². The van der Waals surface area contributed by atoms with Crippen LogP contribution >= 0.6 is 0 Å². The van der Waals surface area contributed by atoms with Crippen LogP contribution in [-0.2, 0) is 0 Å². The number of nitrogens with one attached hydrogen (secondary N) is 2. The molecule has 2 aliphatic rings. The van der Waals surface area contributed by atoms with E-state index >= 15 is 0 Å². The summed E-state index contributed by atoms with van der Waals surface area (Å²) in [4.78, 5) is 0. The van der Waals surface area contributed by atoms with Crippen molar-refractivity contribution in [1.82, 2.24) is 5.32 Å². The number of hydrogen-bond acceptors (Lipinski definition) is 2. The first-order valence-electron chi connectivity index (χ1n) is 6.35. The summed E-state index contributed by atoms with van der Waals surface area (Å²) < 4.78 is 0. The van der Waals surface area contributed by atoms with Gasteiger partial charge in [-0.2, -0.15) is 0 Å². The molecule has 0 amide bonds. The van der Waals surface area contributed by atoms with E-state index in [9.17, 15) is 0 Å². The van der Waals surface area contributed by atoms with Crippen LogP contribution in [0, 0.1) is 0 Å². The largest absolute Gasteiger partial charge is 0.385 e. The van der Waals surface area contributed by atoms with Gasteiger partial charge in [-0.25, -0.2) is 0 Å². The Hall–Kier alpha value is -1.02. The summed E-state index contributed by atoms with van der Waals surface area (Å²) >= 11 is 0. The van der Waals surface area contributed by atoms with E-state index in [0.29, 0.717) is 11.5 Å². The molecule has 0 spiro atoms. The van der Waals surface area contributed by atoms with Crippen LogP contribution in [0.1, 0.15) is 37.7 Å². The molecule has 2 heteroatoms. The minimum Gasteiger partial charge on any atom is -0.385 e. The standard InChI is InChI=1S/C14H20N2/c1-14(7-8-14)16-10-11-6-9-15-13-5-3-2-4-12(11)13/h2-5,11,15-16H,6-10H2,1H3. The lowest BCUT2D eigenvalue weighted by atomic mass is 9.91. The van der Waals surface area contributed by atoms with Crippen molar-refractivity contribution in [2.45, 2.75) is 37.6 Å². The molecule has 2 N–H and O–H groups in total. The second-order valence-corrected chi connectivity index (χ2v) is 5.44. The van der Waals surface area contributed by atoms with Gasteiger partial charge in [-0.3, -0.25) is 0 Å². The summed E-state index contributed by atoms with van der Waals surface area (Å²) in [6.45, 7) is 4.58. The van der Waals surface area contributed by atoms with Gasteiger partial charge in [0.1, 0.15) is 0 Å². The molecule has 0 bridgehead atoms. The zero-order valence-electron chi connectivity index (χ0n) is 9.92. The number of fused-ring (bicyclic) bond motifs is 1. The Bertz CT molecular complexity index is 382. The number of hydrogen-bond donors (Lipinski definition) is 2. The highest BCUT2D eigenvalue weighted by molar-refractivity contribution is 5.54. The average Bonchev–Trinajstić information content (AvgIpc) is 3.05. The Morgan fingerprint density at radius 1 is 1.38 bits per heavy atom. The molecule has 0 saturated heterocycles. The highest BCUT2D eigenvalue weighted by Crippen LogP contribution is 2.36. The number of anilines is 1. The molecule has 1 aliphatic heterocycles. The molecule has 1 aromatic carbocycles. The summed E-state index contributed by atoms with van der Waals surface area (Å²) in [7, 11) is 0. The van der Waals surface area contributed by atoms with Gasteiger partial charge < -0.3 is 10.6 Å². The van der Waals surface area contributed by atoms with Crippen molar-refractivity contribution in [3.63, 3.8) is 0 Å². The van der Waals surface area contributed by atoms with Gasteiger partial charge in [-0.15, -0.1) is 0 Å². The van der Waals surface area contributed by atoms with Crippen molar-refractivity contribution in [2.75, 3.05) is 18.4 Å². The fourth-order valence-corrected chi connectivity index (χ4v) is 2.50. The lowest BCUT2D eigenvalue weighted by Crippen LogP contribution is -2.34. The first kappa shape index (κ1) is 10.2. The molecule has 1 fully saturated rings. The molecule has 2 nitrogen and oxygen atoms in total. The number of rotatable bonds is 3. The second-order valence-electron chi connectivity index (χ2n) is 5.44. The maximum absolute atomic E-state index is 3.72. The second kappa shape index (κ2) is 3.77. The molecular formula is C14H20N2. The van der Waals surface area contributed by atoms with Gasteiger partial charge in [-0.05, 0) is 37.8 Å². The Morgan fingerprint density at radius 2 is 2.19 bits per heavy atom. The maximum Gasteiger partial charge on any atom is 0.0376 e. The molecule has 86 valence electrons. The van der Waals surface area contributed by atoms with E-state index in [0.717, 1.165) is 13.1 Å². The lowest BCUT2D eigenvalue weighted by Gasteiger charge is -2.28. The summed E-state index contributed by atoms with van der Waals surface area (Å²) in [6.07, 6.45) is 3.94. The van der Waals surface area contributed by atoms with E-state index in [-0.39, 0.29) is 0 Å². The van der Waals surface area contributed by atoms with Gasteiger partial charge in [0.25, 0.3) is 0 Å². The Morgan fingerprint density at radius 3 is 3.00 bits per heavy atom. The topological polar surface area (TPSA) is 24.1 Å². The van der Waals surface area contributed by atoms with Crippen LogP contribution in [0.3, 0.4) is 0 Å². The number of benzene rings is 1. The van der Waals surface area contributed by atoms with Crippen LogP contribution in [0.2, 0.25) is 0 Å². The Balaban J connectivity index is 1.71. The molecule has 1 heterocycles. The van der Waals surface area contributed by atoms with Gasteiger partial charge in [0, 0.05) is 30.2 Å². The van der Waals surface area contributed by atoms with Crippen LogP contribution in [0.4, 0.5) is 5.69 Å². The van der Waals surface area contributed by atoms with Crippen LogP contribution in [0.15, 0.2) is 24.3 Å². The smallest absolute Gasteiger partial charge is 0.0376 e. The Kier molecular flexibility index (Phi) is 2.40. The maximum atomic E-state index is 3.72. The van der Waals surface area contributed by atoms with Gasteiger partial charge >= 0.3 is 0 Å². The highest BCUT2D eigenvalue weighted by atomic mass is 15.0. The molecule has 0 radical (unpaired) electrons. The lowest BCUT2D eigenvalue weighted by molar-refractivity contribution is 0.479. The summed E-state index contributed by atoms with van der Waals surface area (Å²) in [5, 5.41) is 7.19. The van der Waals surface area contributed by atoms with E-state index in [1.54, 1.807) is 0 Å². The van der Waals surface area contributed by atoms with E-state index in [4.69, 9.17) is 0 Å². The molecule has 3 rings (SSSR count). The fourth-order valence-electron chi connectivity index (χ4n) is 2.50. The average molecular weight is 216 g/mol. The molecule has 1 aromatic rings. The third kappa shape index (κ3) is 1.94. The predicted molar refractivity (Wildman–Crippen MR) is 67.9 cm³/mol. The van der Waals surface area contributed by atoms with Crippen molar-refractivity contribution in [3.8, 4) is 0 Å². The normalized spacial score (nSPS) is 25.7. The van der Waals surface area contributed by atoms with Gasteiger partial charge in [0.05, 0.1) is 0 Å². The first-order chi connectivity index (χ1) is 7.77. The third-order valence-electron chi connectivity index (χ3n) is 3.98. The van der Waals surface area contributed by atoms with Crippen LogP contribution in [0.25, 0.3) is 0 Å². The molecule has 16 heavy (non-hydrogen) atoms. The third-order valence-corrected chi connectivity index (χ3v) is 3.98. The molecular weight excluding hydrogens is 196 g/mol. The molecule has 1 aliphatic carbocycles. The first-order valence-corrected chi connectivity index (χ1v) is 6.35. The van der Waals surface area contributed by atoms with Crippen molar-refractivity contribution in [1.29, 1.82) is 0 Å². The molecule has 1 atom stereocenters. The van der Waals surface area contributed by atoms with Gasteiger partial charge in [0.15, 0.2) is 0 Å². The molecule has 1 saturated carbocycles. The van der Waals surface area contributed by atoms with E-state index < -0.39 is 0 Å².